The summed E-state index contributed by atoms with van der Waals surface area (Å²) in [5.74, 6) is -1.10. The van der Waals surface area contributed by atoms with Crippen molar-refractivity contribution < 1.29 is 9.90 Å². The number of aromatic carboxylic acids is 1. The van der Waals surface area contributed by atoms with Crippen LogP contribution in [-0.2, 0) is 0 Å². The topological polar surface area (TPSA) is 87.5 Å². The number of nitrogens with zero attached hydrogens (tertiary/aromatic N) is 3. The summed E-state index contributed by atoms with van der Waals surface area (Å²) < 4.78 is 0. The summed E-state index contributed by atoms with van der Waals surface area (Å²) in [6.45, 7) is 0. The molecule has 7 heteroatoms. The van der Waals surface area contributed by atoms with Gasteiger partial charge in [-0.2, -0.15) is 0 Å². The smallest absolute Gasteiger partial charge is 0.357 e. The highest BCUT2D eigenvalue weighted by molar-refractivity contribution is 8.13. The van der Waals surface area contributed by atoms with E-state index in [2.05, 4.69) is 20.3 Å². The average molecular weight is 276 g/mol. The molecule has 0 aliphatic rings. The number of fused-ring (bicyclic) bond motifs is 1. The van der Waals surface area contributed by atoms with E-state index in [-0.39, 0.29) is 5.69 Å². The summed E-state index contributed by atoms with van der Waals surface area (Å²) in [5, 5.41) is 13.0. The monoisotopic (exact) mass is 276 g/mol. The fourth-order valence-corrected chi connectivity index (χ4v) is 2.24. The summed E-state index contributed by atoms with van der Waals surface area (Å²) in [4.78, 5) is 23.7. The van der Waals surface area contributed by atoms with E-state index < -0.39 is 5.97 Å². The Morgan fingerprint density at radius 3 is 2.47 bits per heavy atom. The molecule has 19 heavy (non-hydrogen) atoms. The number of thioether (sulfide) groups is 1. The molecule has 0 radical (unpaired) electrons. The Morgan fingerprint density at radius 2 is 1.95 bits per heavy atom. The second-order valence-corrected chi connectivity index (χ2v) is 4.53. The normalized spacial score (nSPS) is 11.6. The summed E-state index contributed by atoms with van der Waals surface area (Å²) in [6, 6.07) is 7.15. The number of carboxylic acids is 1. The fraction of sp³-hybridized carbons (Fsp3) is 0.167. The molecule has 1 aromatic carbocycles. The zero-order valence-electron chi connectivity index (χ0n) is 10.4. The lowest BCUT2D eigenvalue weighted by Crippen LogP contribution is -2.15. The number of hydrogen-bond donors (Lipinski definition) is 2. The van der Waals surface area contributed by atoms with E-state index in [0.717, 1.165) is 11.8 Å². The average Bonchev–Trinajstić information content (AvgIpc) is 2.43. The van der Waals surface area contributed by atoms with Crippen LogP contribution in [0, 0.1) is 0 Å². The maximum Gasteiger partial charge on any atom is 0.357 e. The number of carboxylic acid groups (broad SMARTS) is 1. The number of para-hydroxylation sites is 2. The number of rotatable bonds is 2. The number of nitrogens with one attached hydrogen (secondary N) is 1. The first kappa shape index (κ1) is 13.3. The zero-order chi connectivity index (χ0) is 13.8. The molecule has 2 aromatic rings. The van der Waals surface area contributed by atoms with E-state index in [4.69, 9.17) is 0 Å². The summed E-state index contributed by atoms with van der Waals surface area (Å²) in [6.07, 6.45) is 0. The number of carbonyl (C=O) groups is 1. The Morgan fingerprint density at radius 1 is 1.32 bits per heavy atom. The molecule has 1 heterocycles. The molecule has 6 nitrogen and oxygen atoms in total. The minimum absolute atomic E-state index is 0.0694. The van der Waals surface area contributed by atoms with Gasteiger partial charge in [-0.05, 0) is 23.9 Å². The summed E-state index contributed by atoms with van der Waals surface area (Å²) >= 11 is 1.14. The number of aliphatic imine (C=N–C) groups is 1. The van der Waals surface area contributed by atoms with Gasteiger partial charge in [0.25, 0.3) is 0 Å². The molecule has 2 rings (SSSR count). The third-order valence-corrected chi connectivity index (χ3v) is 3.41. The van der Waals surface area contributed by atoms with Crippen molar-refractivity contribution in [3.8, 4) is 0 Å². The Balaban J connectivity index is 2.56. The third kappa shape index (κ3) is 2.82. The molecular formula is C12H12N4O2S. The predicted molar refractivity (Wildman–Crippen MR) is 74.8 cm³/mol. The van der Waals surface area contributed by atoms with Crippen LogP contribution in [0.25, 0.3) is 11.0 Å². The maximum atomic E-state index is 11.2. The van der Waals surface area contributed by atoms with Gasteiger partial charge in [0, 0.05) is 14.1 Å². The van der Waals surface area contributed by atoms with Gasteiger partial charge in [0.15, 0.2) is 10.9 Å². The van der Waals surface area contributed by atoms with Gasteiger partial charge >= 0.3 is 5.97 Å². The van der Waals surface area contributed by atoms with E-state index in [1.165, 1.54) is 0 Å². The van der Waals surface area contributed by atoms with Gasteiger partial charge < -0.3 is 10.4 Å². The van der Waals surface area contributed by atoms with Gasteiger partial charge in [0.05, 0.1) is 11.0 Å². The molecule has 0 fully saturated rings. The number of amidine groups is 1. The Kier molecular flexibility index (Phi) is 3.96. The minimum atomic E-state index is -1.10. The van der Waals surface area contributed by atoms with E-state index in [1.807, 2.05) is 6.07 Å². The molecule has 0 bridgehead atoms. The van der Waals surface area contributed by atoms with Crippen molar-refractivity contribution in [1.29, 1.82) is 0 Å². The lowest BCUT2D eigenvalue weighted by molar-refractivity contribution is 0.0686. The van der Waals surface area contributed by atoms with Crippen LogP contribution in [0.15, 0.2) is 34.3 Å². The van der Waals surface area contributed by atoms with Gasteiger partial charge in [-0.25, -0.2) is 14.8 Å². The lowest BCUT2D eigenvalue weighted by atomic mass is 10.3. The number of aromatic nitrogens is 2. The van der Waals surface area contributed by atoms with Crippen LogP contribution in [0.3, 0.4) is 0 Å². The van der Waals surface area contributed by atoms with Crippen LogP contribution in [0.1, 0.15) is 10.5 Å². The molecule has 0 unspecified atom stereocenters. The van der Waals surface area contributed by atoms with Crippen LogP contribution in [0.2, 0.25) is 0 Å². The minimum Gasteiger partial charge on any atom is -0.476 e. The second-order valence-electron chi connectivity index (χ2n) is 3.55. The third-order valence-electron chi connectivity index (χ3n) is 2.35. The molecule has 0 aliphatic heterocycles. The van der Waals surface area contributed by atoms with E-state index in [1.54, 1.807) is 32.3 Å². The van der Waals surface area contributed by atoms with Crippen LogP contribution < -0.4 is 5.32 Å². The number of benzene rings is 1. The van der Waals surface area contributed by atoms with Crippen LogP contribution >= 0.6 is 11.8 Å². The first-order valence-corrected chi connectivity index (χ1v) is 6.30. The van der Waals surface area contributed by atoms with Gasteiger partial charge in [-0.3, -0.25) is 4.99 Å². The van der Waals surface area contributed by atoms with Crippen molar-refractivity contribution in [2.45, 2.75) is 5.03 Å². The van der Waals surface area contributed by atoms with Gasteiger partial charge in [-0.15, -0.1) is 0 Å². The number of hydrogen-bond acceptors (Lipinski definition) is 5. The Bertz CT molecular complexity index is 657. The molecule has 0 aliphatic carbocycles. The highest BCUT2D eigenvalue weighted by atomic mass is 32.2. The highest BCUT2D eigenvalue weighted by Crippen LogP contribution is 2.22. The van der Waals surface area contributed by atoms with Gasteiger partial charge in [0.2, 0.25) is 0 Å². The molecule has 98 valence electrons. The van der Waals surface area contributed by atoms with Crippen molar-refractivity contribution in [2.75, 3.05) is 14.1 Å². The lowest BCUT2D eigenvalue weighted by Gasteiger charge is -2.07. The first-order chi connectivity index (χ1) is 9.15. The maximum absolute atomic E-state index is 11.2. The van der Waals surface area contributed by atoms with Crippen LogP contribution in [-0.4, -0.2) is 40.3 Å². The standard InChI is InChI=1S/C12H12N4O2S/c1-13-12(14-2)19-10-9(11(17)18)15-7-5-3-4-6-8(7)16-10/h3-6H,1-2H3,(H,13,14)(H,17,18). The fourth-order valence-electron chi connectivity index (χ4n) is 1.49. The molecule has 0 amide bonds. The molecule has 1 aromatic heterocycles. The SMILES string of the molecule is CN=C(NC)Sc1nc2ccccc2nc1C(=O)O. The predicted octanol–water partition coefficient (Wildman–Crippen LogP) is 1.63. The van der Waals surface area contributed by atoms with Gasteiger partial charge in [0.1, 0.15) is 5.03 Å². The van der Waals surface area contributed by atoms with Crippen molar-refractivity contribution >= 4 is 33.9 Å². The quantitative estimate of drug-likeness (QED) is 0.492. The van der Waals surface area contributed by atoms with Crippen molar-refractivity contribution in [3.05, 3.63) is 30.0 Å². The molecule has 0 atom stereocenters. The molecule has 0 saturated heterocycles. The van der Waals surface area contributed by atoms with Crippen LogP contribution in [0.4, 0.5) is 0 Å². The van der Waals surface area contributed by atoms with Crippen molar-refractivity contribution in [2.24, 2.45) is 4.99 Å². The highest BCUT2D eigenvalue weighted by Gasteiger charge is 2.17. The first-order valence-electron chi connectivity index (χ1n) is 5.48. The zero-order valence-corrected chi connectivity index (χ0v) is 11.2. The van der Waals surface area contributed by atoms with E-state index >= 15 is 0 Å². The largest absolute Gasteiger partial charge is 0.476 e. The summed E-state index contributed by atoms with van der Waals surface area (Å²) in [5.41, 5.74) is 1.14. The molecular weight excluding hydrogens is 264 g/mol. The molecule has 2 N–H and O–H groups in total. The van der Waals surface area contributed by atoms with E-state index in [9.17, 15) is 9.90 Å². The molecule has 0 spiro atoms. The van der Waals surface area contributed by atoms with Crippen molar-refractivity contribution in [3.63, 3.8) is 0 Å². The van der Waals surface area contributed by atoms with Crippen molar-refractivity contribution in [1.82, 2.24) is 15.3 Å². The second kappa shape index (κ2) is 5.66. The molecule has 0 saturated carbocycles. The Hall–Kier alpha value is -2.15. The Labute approximate surface area is 114 Å². The summed E-state index contributed by atoms with van der Waals surface area (Å²) in [7, 11) is 3.33. The van der Waals surface area contributed by atoms with Gasteiger partial charge in [-0.1, -0.05) is 12.1 Å². The van der Waals surface area contributed by atoms with E-state index in [0.29, 0.717) is 21.2 Å². The van der Waals surface area contributed by atoms with Crippen LogP contribution in [0.5, 0.6) is 0 Å².